The summed E-state index contributed by atoms with van der Waals surface area (Å²) in [5.74, 6) is -0.134. The summed E-state index contributed by atoms with van der Waals surface area (Å²) >= 11 is 0. The molecule has 15 heavy (non-hydrogen) atoms. The number of aryl methyl sites for hydroxylation is 2. The fourth-order valence-electron chi connectivity index (χ4n) is 1.41. The van der Waals surface area contributed by atoms with Gasteiger partial charge < -0.3 is 9.84 Å². The van der Waals surface area contributed by atoms with Crippen LogP contribution in [0, 0.1) is 6.92 Å². The molecule has 0 unspecified atom stereocenters. The molecule has 1 rings (SSSR count). The van der Waals surface area contributed by atoms with Crippen LogP contribution in [-0.4, -0.2) is 23.2 Å². The Hall–Kier alpha value is -1.58. The minimum atomic E-state index is -0.756. The van der Waals surface area contributed by atoms with Gasteiger partial charge in [-0.1, -0.05) is 0 Å². The van der Waals surface area contributed by atoms with E-state index in [4.69, 9.17) is 9.84 Å². The van der Waals surface area contributed by atoms with Crippen LogP contribution < -0.4 is 4.74 Å². The van der Waals surface area contributed by atoms with Crippen molar-refractivity contribution in [3.63, 3.8) is 0 Å². The van der Waals surface area contributed by atoms with E-state index in [1.165, 1.54) is 0 Å². The van der Waals surface area contributed by atoms with Crippen LogP contribution in [0.4, 0.5) is 0 Å². The van der Waals surface area contributed by atoms with E-state index in [0.29, 0.717) is 12.3 Å². The van der Waals surface area contributed by atoms with E-state index < -0.39 is 5.97 Å². The lowest BCUT2D eigenvalue weighted by molar-refractivity contribution is -0.137. The number of aliphatic carboxylic acids is 1. The third kappa shape index (κ3) is 3.58. The molecular formula is C11H15NO3. The molecule has 1 aromatic heterocycles. The van der Waals surface area contributed by atoms with Crippen LogP contribution in [0.25, 0.3) is 0 Å². The average molecular weight is 209 g/mol. The molecule has 0 saturated heterocycles. The maximum Gasteiger partial charge on any atom is 0.303 e. The van der Waals surface area contributed by atoms with Crippen molar-refractivity contribution in [1.82, 2.24) is 4.98 Å². The van der Waals surface area contributed by atoms with Crippen molar-refractivity contribution >= 4 is 5.97 Å². The predicted octanol–water partition coefficient (Wildman–Crippen LogP) is 1.81. The van der Waals surface area contributed by atoms with E-state index in [2.05, 4.69) is 4.98 Å². The second-order valence-corrected chi connectivity index (χ2v) is 3.42. The standard InChI is InChI=1S/C11H15NO3/c1-8-6-9(4-3-5-10(13)14)7-12-11(8)15-2/h6-7H,3-5H2,1-2H3,(H,13,14). The molecule has 0 bridgehead atoms. The first-order valence-corrected chi connectivity index (χ1v) is 4.85. The molecule has 1 N–H and O–H groups in total. The van der Waals surface area contributed by atoms with Crippen LogP contribution in [-0.2, 0) is 11.2 Å². The lowest BCUT2D eigenvalue weighted by Crippen LogP contribution is -1.97. The molecule has 4 nitrogen and oxygen atoms in total. The van der Waals surface area contributed by atoms with E-state index in [0.717, 1.165) is 17.5 Å². The van der Waals surface area contributed by atoms with Gasteiger partial charge in [0.05, 0.1) is 7.11 Å². The van der Waals surface area contributed by atoms with Crippen molar-refractivity contribution in [3.05, 3.63) is 23.4 Å². The molecule has 4 heteroatoms. The number of pyridine rings is 1. The van der Waals surface area contributed by atoms with Gasteiger partial charge in [0.2, 0.25) is 5.88 Å². The lowest BCUT2D eigenvalue weighted by Gasteiger charge is -2.05. The molecule has 0 aliphatic rings. The normalized spacial score (nSPS) is 10.0. The molecule has 0 aliphatic heterocycles. The van der Waals surface area contributed by atoms with E-state index in [1.807, 2.05) is 13.0 Å². The zero-order chi connectivity index (χ0) is 11.3. The number of carboxylic acid groups (broad SMARTS) is 1. The summed E-state index contributed by atoms with van der Waals surface area (Å²) in [6, 6.07) is 1.98. The smallest absolute Gasteiger partial charge is 0.303 e. The molecule has 0 aromatic carbocycles. The number of nitrogens with zero attached hydrogens (tertiary/aromatic N) is 1. The van der Waals surface area contributed by atoms with Crippen LogP contribution in [0.3, 0.4) is 0 Å². The van der Waals surface area contributed by atoms with Crippen molar-refractivity contribution in [2.75, 3.05) is 7.11 Å². The summed E-state index contributed by atoms with van der Waals surface area (Å²) in [5.41, 5.74) is 2.03. The number of carboxylic acids is 1. The Balaban J connectivity index is 2.55. The Labute approximate surface area is 88.9 Å². The predicted molar refractivity (Wildman–Crippen MR) is 56.1 cm³/mol. The van der Waals surface area contributed by atoms with Crippen LogP contribution in [0.5, 0.6) is 5.88 Å². The third-order valence-electron chi connectivity index (χ3n) is 2.14. The summed E-state index contributed by atoms with van der Waals surface area (Å²) in [4.78, 5) is 14.4. The molecule has 1 heterocycles. The highest BCUT2D eigenvalue weighted by atomic mass is 16.5. The maximum absolute atomic E-state index is 10.3. The Morgan fingerprint density at radius 3 is 2.87 bits per heavy atom. The molecule has 0 saturated carbocycles. The molecule has 1 aromatic rings. The largest absolute Gasteiger partial charge is 0.481 e. The van der Waals surface area contributed by atoms with E-state index in [1.54, 1.807) is 13.3 Å². The SMILES string of the molecule is COc1ncc(CCCC(=O)O)cc1C. The van der Waals surface area contributed by atoms with Crippen molar-refractivity contribution < 1.29 is 14.6 Å². The second-order valence-electron chi connectivity index (χ2n) is 3.42. The number of rotatable bonds is 5. The Kier molecular flexibility index (Phi) is 4.09. The van der Waals surface area contributed by atoms with Crippen molar-refractivity contribution in [2.45, 2.75) is 26.2 Å². The van der Waals surface area contributed by atoms with Gasteiger partial charge in [0.1, 0.15) is 0 Å². The fraction of sp³-hybridized carbons (Fsp3) is 0.455. The number of aromatic nitrogens is 1. The van der Waals surface area contributed by atoms with Gasteiger partial charge in [-0.2, -0.15) is 0 Å². The quantitative estimate of drug-likeness (QED) is 0.803. The molecule has 0 amide bonds. The van der Waals surface area contributed by atoms with Gasteiger partial charge in [-0.25, -0.2) is 4.98 Å². The van der Waals surface area contributed by atoms with E-state index in [-0.39, 0.29) is 6.42 Å². The Bertz CT molecular complexity index is 350. The topological polar surface area (TPSA) is 59.4 Å². The summed E-state index contributed by atoms with van der Waals surface area (Å²) < 4.78 is 5.04. The third-order valence-corrected chi connectivity index (χ3v) is 2.14. The monoisotopic (exact) mass is 209 g/mol. The number of carbonyl (C=O) groups is 1. The highest BCUT2D eigenvalue weighted by Crippen LogP contribution is 2.15. The molecule has 0 atom stereocenters. The van der Waals surface area contributed by atoms with Gasteiger partial charge in [-0.3, -0.25) is 4.79 Å². The van der Waals surface area contributed by atoms with E-state index in [9.17, 15) is 4.79 Å². The minimum Gasteiger partial charge on any atom is -0.481 e. The van der Waals surface area contributed by atoms with Gasteiger partial charge >= 0.3 is 5.97 Å². The van der Waals surface area contributed by atoms with Crippen molar-refractivity contribution in [2.24, 2.45) is 0 Å². The summed E-state index contributed by atoms with van der Waals surface area (Å²) in [5, 5.41) is 8.49. The molecule has 0 fully saturated rings. The van der Waals surface area contributed by atoms with Gasteiger partial charge in [0.25, 0.3) is 0 Å². The maximum atomic E-state index is 10.3. The first-order valence-electron chi connectivity index (χ1n) is 4.85. The summed E-state index contributed by atoms with van der Waals surface area (Å²) in [6.45, 7) is 1.92. The summed E-state index contributed by atoms with van der Waals surface area (Å²) in [7, 11) is 1.58. The van der Waals surface area contributed by atoms with Crippen LogP contribution >= 0.6 is 0 Å². The van der Waals surface area contributed by atoms with Crippen LogP contribution in [0.2, 0.25) is 0 Å². The highest BCUT2D eigenvalue weighted by molar-refractivity contribution is 5.66. The van der Waals surface area contributed by atoms with Gasteiger partial charge in [-0.15, -0.1) is 0 Å². The first kappa shape index (κ1) is 11.5. The molecule has 0 spiro atoms. The minimum absolute atomic E-state index is 0.199. The van der Waals surface area contributed by atoms with Crippen molar-refractivity contribution in [3.8, 4) is 5.88 Å². The van der Waals surface area contributed by atoms with Gasteiger partial charge in [0.15, 0.2) is 0 Å². The fourth-order valence-corrected chi connectivity index (χ4v) is 1.41. The summed E-state index contributed by atoms with van der Waals surface area (Å²) in [6.07, 6.45) is 3.31. The molecule has 82 valence electrons. The molecule has 0 aliphatic carbocycles. The number of methoxy groups -OCH3 is 1. The van der Waals surface area contributed by atoms with Crippen LogP contribution in [0.15, 0.2) is 12.3 Å². The molecular weight excluding hydrogens is 194 g/mol. The van der Waals surface area contributed by atoms with Gasteiger partial charge in [0, 0.05) is 18.2 Å². The molecule has 0 radical (unpaired) electrons. The first-order chi connectivity index (χ1) is 7.13. The zero-order valence-corrected chi connectivity index (χ0v) is 8.99. The van der Waals surface area contributed by atoms with Crippen LogP contribution in [0.1, 0.15) is 24.0 Å². The Morgan fingerprint density at radius 1 is 1.60 bits per heavy atom. The number of ether oxygens (including phenoxy) is 1. The number of hydrogen-bond donors (Lipinski definition) is 1. The highest BCUT2D eigenvalue weighted by Gasteiger charge is 2.02. The zero-order valence-electron chi connectivity index (χ0n) is 8.99. The van der Waals surface area contributed by atoms with Crippen molar-refractivity contribution in [1.29, 1.82) is 0 Å². The lowest BCUT2D eigenvalue weighted by atomic mass is 10.1. The number of hydrogen-bond acceptors (Lipinski definition) is 3. The average Bonchev–Trinajstić information content (AvgIpc) is 2.17. The van der Waals surface area contributed by atoms with E-state index >= 15 is 0 Å². The van der Waals surface area contributed by atoms with Gasteiger partial charge in [-0.05, 0) is 31.4 Å². The second kappa shape index (κ2) is 5.34. The Morgan fingerprint density at radius 2 is 2.33 bits per heavy atom.